The van der Waals surface area contributed by atoms with Crippen LogP contribution in [-0.4, -0.2) is 23.6 Å². The van der Waals surface area contributed by atoms with E-state index in [1.165, 1.54) is 0 Å². The maximum Gasteiger partial charge on any atom is 0.255 e. The van der Waals surface area contributed by atoms with Gasteiger partial charge in [0.05, 0.1) is 18.3 Å². The molecule has 0 atom stereocenters. The first-order valence-corrected chi connectivity index (χ1v) is 8.61. The highest BCUT2D eigenvalue weighted by Crippen LogP contribution is 2.25. The van der Waals surface area contributed by atoms with E-state index in [-0.39, 0.29) is 12.0 Å². The molecule has 1 N–H and O–H groups in total. The second-order valence-corrected chi connectivity index (χ2v) is 6.34. The second-order valence-electron chi connectivity index (χ2n) is 5.43. The molecule has 0 radical (unpaired) electrons. The summed E-state index contributed by atoms with van der Waals surface area (Å²) >= 11 is 3.40. The SMILES string of the molecule is CCOc1cc(CNC(=O)c2ccc(Br)cc2OC(C)C)ccn1. The van der Waals surface area contributed by atoms with E-state index in [1.54, 1.807) is 18.3 Å². The molecule has 6 heteroatoms. The van der Waals surface area contributed by atoms with Gasteiger partial charge >= 0.3 is 0 Å². The molecule has 0 aliphatic rings. The summed E-state index contributed by atoms with van der Waals surface area (Å²) in [5.41, 5.74) is 1.43. The fourth-order valence-corrected chi connectivity index (χ4v) is 2.44. The minimum atomic E-state index is -0.187. The molecule has 2 aromatic rings. The minimum Gasteiger partial charge on any atom is -0.490 e. The number of hydrogen-bond donors (Lipinski definition) is 1. The van der Waals surface area contributed by atoms with Gasteiger partial charge in [0.1, 0.15) is 5.75 Å². The smallest absolute Gasteiger partial charge is 0.255 e. The average molecular weight is 393 g/mol. The van der Waals surface area contributed by atoms with Crippen molar-refractivity contribution in [2.45, 2.75) is 33.4 Å². The van der Waals surface area contributed by atoms with Gasteiger partial charge in [0.2, 0.25) is 5.88 Å². The van der Waals surface area contributed by atoms with Crippen molar-refractivity contribution in [1.29, 1.82) is 0 Å². The fourth-order valence-electron chi connectivity index (χ4n) is 2.10. The van der Waals surface area contributed by atoms with E-state index in [9.17, 15) is 4.79 Å². The summed E-state index contributed by atoms with van der Waals surface area (Å²) in [5.74, 6) is 0.922. The zero-order valence-corrected chi connectivity index (χ0v) is 15.6. The van der Waals surface area contributed by atoms with Crippen LogP contribution in [0.1, 0.15) is 36.7 Å². The summed E-state index contributed by atoms with van der Waals surface area (Å²) in [5, 5.41) is 2.90. The molecular weight excluding hydrogens is 372 g/mol. The van der Waals surface area contributed by atoms with E-state index < -0.39 is 0 Å². The number of ether oxygens (including phenoxy) is 2. The highest BCUT2D eigenvalue weighted by molar-refractivity contribution is 9.10. The summed E-state index contributed by atoms with van der Waals surface area (Å²) < 4.78 is 12.0. The normalized spacial score (nSPS) is 10.5. The zero-order valence-electron chi connectivity index (χ0n) is 14.0. The predicted molar refractivity (Wildman–Crippen MR) is 96.5 cm³/mol. The summed E-state index contributed by atoms with van der Waals surface area (Å²) in [6, 6.07) is 9.03. The van der Waals surface area contributed by atoms with Gasteiger partial charge in [-0.2, -0.15) is 0 Å². The third kappa shape index (κ3) is 5.23. The molecule has 0 aliphatic heterocycles. The van der Waals surface area contributed by atoms with Crippen LogP contribution in [0.4, 0.5) is 0 Å². The van der Waals surface area contributed by atoms with Crippen molar-refractivity contribution < 1.29 is 14.3 Å². The van der Waals surface area contributed by atoms with Crippen molar-refractivity contribution in [3.05, 3.63) is 52.1 Å². The quantitative estimate of drug-likeness (QED) is 0.774. The van der Waals surface area contributed by atoms with Crippen molar-refractivity contribution in [3.8, 4) is 11.6 Å². The van der Waals surface area contributed by atoms with E-state index in [1.807, 2.05) is 39.0 Å². The summed E-state index contributed by atoms with van der Waals surface area (Å²) in [6.45, 7) is 6.69. The first-order valence-electron chi connectivity index (χ1n) is 7.81. The lowest BCUT2D eigenvalue weighted by atomic mass is 10.1. The number of rotatable bonds is 7. The lowest BCUT2D eigenvalue weighted by Gasteiger charge is -2.15. The Hall–Kier alpha value is -2.08. The molecule has 0 fully saturated rings. The molecule has 1 heterocycles. The van der Waals surface area contributed by atoms with Gasteiger partial charge in [0.15, 0.2) is 0 Å². The van der Waals surface area contributed by atoms with Gasteiger partial charge in [0, 0.05) is 23.3 Å². The monoisotopic (exact) mass is 392 g/mol. The molecule has 1 aromatic carbocycles. The standard InChI is InChI=1S/C18H21BrN2O3/c1-4-23-17-9-13(7-8-20-17)11-21-18(22)15-6-5-14(19)10-16(15)24-12(2)3/h5-10,12H,4,11H2,1-3H3,(H,21,22). The maximum absolute atomic E-state index is 12.5. The van der Waals surface area contributed by atoms with Crippen molar-refractivity contribution in [3.63, 3.8) is 0 Å². The Morgan fingerprint density at radius 1 is 1.29 bits per heavy atom. The molecule has 1 aromatic heterocycles. The molecule has 128 valence electrons. The number of pyridine rings is 1. The Morgan fingerprint density at radius 2 is 2.08 bits per heavy atom. The molecule has 0 unspecified atom stereocenters. The molecule has 0 saturated carbocycles. The van der Waals surface area contributed by atoms with E-state index in [0.717, 1.165) is 10.0 Å². The Morgan fingerprint density at radius 3 is 2.79 bits per heavy atom. The third-order valence-electron chi connectivity index (χ3n) is 3.10. The van der Waals surface area contributed by atoms with Crippen molar-refractivity contribution in [2.24, 2.45) is 0 Å². The fraction of sp³-hybridized carbons (Fsp3) is 0.333. The lowest BCUT2D eigenvalue weighted by Crippen LogP contribution is -2.24. The Labute approximate surface area is 150 Å². The Bertz CT molecular complexity index is 704. The number of nitrogens with one attached hydrogen (secondary N) is 1. The molecule has 1 amide bonds. The molecular formula is C18H21BrN2O3. The number of aromatic nitrogens is 1. The van der Waals surface area contributed by atoms with E-state index in [4.69, 9.17) is 9.47 Å². The minimum absolute atomic E-state index is 0.0141. The van der Waals surface area contributed by atoms with Gasteiger partial charge < -0.3 is 14.8 Å². The number of benzene rings is 1. The molecule has 0 aliphatic carbocycles. The van der Waals surface area contributed by atoms with Crippen LogP contribution in [0.2, 0.25) is 0 Å². The van der Waals surface area contributed by atoms with Crippen molar-refractivity contribution in [2.75, 3.05) is 6.61 Å². The number of amides is 1. The molecule has 24 heavy (non-hydrogen) atoms. The van der Waals surface area contributed by atoms with E-state index in [2.05, 4.69) is 26.2 Å². The lowest BCUT2D eigenvalue weighted by molar-refractivity contribution is 0.0945. The third-order valence-corrected chi connectivity index (χ3v) is 3.59. The van der Waals surface area contributed by atoms with Crippen LogP contribution in [0.15, 0.2) is 41.0 Å². The summed E-state index contributed by atoms with van der Waals surface area (Å²) in [7, 11) is 0. The molecule has 2 rings (SSSR count). The van der Waals surface area contributed by atoms with Crippen LogP contribution in [-0.2, 0) is 6.54 Å². The van der Waals surface area contributed by atoms with E-state index >= 15 is 0 Å². The van der Waals surface area contributed by atoms with Gasteiger partial charge in [-0.15, -0.1) is 0 Å². The van der Waals surface area contributed by atoms with Gasteiger partial charge in [-0.3, -0.25) is 4.79 Å². The summed E-state index contributed by atoms with van der Waals surface area (Å²) in [6.07, 6.45) is 1.65. The largest absolute Gasteiger partial charge is 0.490 e. The number of carbonyl (C=O) groups excluding carboxylic acids is 1. The van der Waals surface area contributed by atoms with E-state index in [0.29, 0.717) is 30.3 Å². The van der Waals surface area contributed by atoms with Gasteiger partial charge in [-0.1, -0.05) is 15.9 Å². The number of hydrogen-bond acceptors (Lipinski definition) is 4. The van der Waals surface area contributed by atoms with Crippen LogP contribution in [0, 0.1) is 0 Å². The maximum atomic E-state index is 12.5. The van der Waals surface area contributed by atoms with Crippen LogP contribution in [0.5, 0.6) is 11.6 Å². The van der Waals surface area contributed by atoms with Crippen LogP contribution in [0.3, 0.4) is 0 Å². The molecule has 0 bridgehead atoms. The molecule has 0 spiro atoms. The average Bonchev–Trinajstić information content (AvgIpc) is 2.53. The van der Waals surface area contributed by atoms with Crippen LogP contribution < -0.4 is 14.8 Å². The first-order chi connectivity index (χ1) is 11.5. The number of carbonyl (C=O) groups is 1. The van der Waals surface area contributed by atoms with Crippen LogP contribution >= 0.6 is 15.9 Å². The summed E-state index contributed by atoms with van der Waals surface area (Å²) in [4.78, 5) is 16.6. The highest BCUT2D eigenvalue weighted by Gasteiger charge is 2.14. The Kier molecular flexibility index (Phi) is 6.61. The molecule has 5 nitrogen and oxygen atoms in total. The van der Waals surface area contributed by atoms with Crippen molar-refractivity contribution >= 4 is 21.8 Å². The van der Waals surface area contributed by atoms with Gasteiger partial charge in [-0.25, -0.2) is 4.98 Å². The second kappa shape index (κ2) is 8.68. The van der Waals surface area contributed by atoms with Crippen LogP contribution in [0.25, 0.3) is 0 Å². The number of nitrogens with zero attached hydrogens (tertiary/aromatic N) is 1. The number of halogens is 1. The molecule has 0 saturated heterocycles. The zero-order chi connectivity index (χ0) is 17.5. The van der Waals surface area contributed by atoms with Crippen molar-refractivity contribution in [1.82, 2.24) is 10.3 Å². The van der Waals surface area contributed by atoms with Gasteiger partial charge in [0.25, 0.3) is 5.91 Å². The topological polar surface area (TPSA) is 60.5 Å². The predicted octanol–water partition coefficient (Wildman–Crippen LogP) is 3.96. The first kappa shape index (κ1) is 18.3. The van der Waals surface area contributed by atoms with Gasteiger partial charge in [-0.05, 0) is 50.6 Å². The Balaban J connectivity index is 2.08. The highest BCUT2D eigenvalue weighted by atomic mass is 79.9.